The number of hydrogen-bond acceptors (Lipinski definition) is 4. The van der Waals surface area contributed by atoms with Crippen molar-refractivity contribution in [1.29, 1.82) is 0 Å². The van der Waals surface area contributed by atoms with Gasteiger partial charge in [0.25, 0.3) is 0 Å². The Morgan fingerprint density at radius 1 is 1.14 bits per heavy atom. The molecule has 2 atom stereocenters. The van der Waals surface area contributed by atoms with Crippen LogP contribution in [-0.2, 0) is 0 Å². The predicted molar refractivity (Wildman–Crippen MR) is 72.2 cm³/mol. The summed E-state index contributed by atoms with van der Waals surface area (Å²) in [6.45, 7) is 0. The van der Waals surface area contributed by atoms with E-state index in [-0.39, 0.29) is 17.4 Å². The second-order valence-electron chi connectivity index (χ2n) is 5.79. The van der Waals surface area contributed by atoms with Crippen LogP contribution in [0.2, 0.25) is 0 Å². The van der Waals surface area contributed by atoms with E-state index in [4.69, 9.17) is 5.73 Å². The van der Waals surface area contributed by atoms with Crippen LogP contribution < -0.4 is 15.2 Å². The molecule has 1 heterocycles. The van der Waals surface area contributed by atoms with Crippen molar-refractivity contribution >= 4 is 0 Å². The van der Waals surface area contributed by atoms with E-state index in [1.54, 1.807) is 6.07 Å². The van der Waals surface area contributed by atoms with Crippen LogP contribution >= 0.6 is 0 Å². The number of fused-ring (bicyclic) bond motifs is 1. The van der Waals surface area contributed by atoms with Gasteiger partial charge in [-0.2, -0.15) is 0 Å². The fourth-order valence-electron chi connectivity index (χ4n) is 3.14. The van der Waals surface area contributed by atoms with Gasteiger partial charge in [-0.15, -0.1) is 8.78 Å². The largest absolute Gasteiger partial charge is 0.586 e. The lowest BCUT2D eigenvalue weighted by atomic mass is 9.81. The molecule has 0 unspecified atom stereocenters. The number of alkyl halides is 2. The second-order valence-corrected chi connectivity index (χ2v) is 5.79. The Hall–Kier alpha value is -1.40. The van der Waals surface area contributed by atoms with Crippen molar-refractivity contribution in [3.8, 4) is 11.5 Å². The smallest absolute Gasteiger partial charge is 0.395 e. The van der Waals surface area contributed by atoms with Crippen molar-refractivity contribution in [1.82, 2.24) is 0 Å². The maximum Gasteiger partial charge on any atom is 0.586 e. The maximum atomic E-state index is 13.0. The highest BCUT2D eigenvalue weighted by Crippen LogP contribution is 2.42. The van der Waals surface area contributed by atoms with Gasteiger partial charge in [-0.05, 0) is 36.5 Å². The number of rotatable bonds is 3. The maximum absolute atomic E-state index is 13.0. The molecule has 0 amide bonds. The summed E-state index contributed by atoms with van der Waals surface area (Å²) in [7, 11) is 0. The third-order valence-corrected chi connectivity index (χ3v) is 4.31. The molecule has 1 aromatic carbocycles. The Labute approximate surface area is 121 Å². The Morgan fingerprint density at radius 3 is 2.52 bits per heavy atom. The van der Waals surface area contributed by atoms with Crippen LogP contribution in [-0.4, -0.2) is 17.5 Å². The van der Waals surface area contributed by atoms with Crippen LogP contribution in [0.1, 0.15) is 43.7 Å². The first-order chi connectivity index (χ1) is 9.96. The summed E-state index contributed by atoms with van der Waals surface area (Å²) in [4.78, 5) is 0. The number of aliphatic hydroxyl groups excluding tert-OH is 1. The molecule has 1 aliphatic heterocycles. The van der Waals surface area contributed by atoms with Crippen molar-refractivity contribution in [2.75, 3.05) is 0 Å². The standard InChI is InChI=1S/C15H19F2NO3/c16-15(17)20-11-7-6-10(8-12(11)21-15)13(18)14(19)9-4-2-1-3-5-9/h6-9,13-14,19H,1-5,18H2/t13-,14+/m0/s1. The van der Waals surface area contributed by atoms with E-state index in [1.165, 1.54) is 18.6 Å². The van der Waals surface area contributed by atoms with Gasteiger partial charge in [0.05, 0.1) is 12.1 Å². The number of ether oxygens (including phenoxy) is 2. The second kappa shape index (κ2) is 5.42. The molecule has 3 rings (SSSR count). The summed E-state index contributed by atoms with van der Waals surface area (Å²) < 4.78 is 34.8. The molecule has 2 aliphatic rings. The summed E-state index contributed by atoms with van der Waals surface area (Å²) >= 11 is 0. The molecule has 0 spiro atoms. The predicted octanol–water partition coefficient (Wildman–Crippen LogP) is 2.95. The van der Waals surface area contributed by atoms with Gasteiger partial charge in [0.2, 0.25) is 0 Å². The molecule has 0 aromatic heterocycles. The molecule has 1 aromatic rings. The fourth-order valence-corrected chi connectivity index (χ4v) is 3.14. The molecule has 0 bridgehead atoms. The molecule has 0 radical (unpaired) electrons. The van der Waals surface area contributed by atoms with Gasteiger partial charge in [0, 0.05) is 0 Å². The summed E-state index contributed by atoms with van der Waals surface area (Å²) in [6, 6.07) is 3.81. The fraction of sp³-hybridized carbons (Fsp3) is 0.600. The van der Waals surface area contributed by atoms with Gasteiger partial charge >= 0.3 is 6.29 Å². The molecule has 3 N–H and O–H groups in total. The van der Waals surface area contributed by atoms with E-state index in [2.05, 4.69) is 9.47 Å². The Bertz CT molecular complexity index is 518. The number of halogens is 2. The first-order valence-electron chi connectivity index (χ1n) is 7.30. The molecule has 1 fully saturated rings. The van der Waals surface area contributed by atoms with Gasteiger partial charge in [0.15, 0.2) is 11.5 Å². The van der Waals surface area contributed by atoms with Crippen LogP contribution in [0, 0.1) is 5.92 Å². The van der Waals surface area contributed by atoms with E-state index in [9.17, 15) is 13.9 Å². The minimum absolute atomic E-state index is 0.0110. The average Bonchev–Trinajstić information content (AvgIpc) is 2.79. The average molecular weight is 299 g/mol. The van der Waals surface area contributed by atoms with Crippen LogP contribution in [0.25, 0.3) is 0 Å². The third kappa shape index (κ3) is 2.96. The lowest BCUT2D eigenvalue weighted by molar-refractivity contribution is -0.286. The number of benzene rings is 1. The zero-order chi connectivity index (χ0) is 15.0. The normalized spacial score (nSPS) is 23.8. The topological polar surface area (TPSA) is 64.7 Å². The summed E-state index contributed by atoms with van der Waals surface area (Å²) in [5.41, 5.74) is 6.67. The summed E-state index contributed by atoms with van der Waals surface area (Å²) in [5, 5.41) is 10.4. The highest BCUT2D eigenvalue weighted by molar-refractivity contribution is 5.46. The van der Waals surface area contributed by atoms with Gasteiger partial charge < -0.3 is 20.3 Å². The highest BCUT2D eigenvalue weighted by atomic mass is 19.3. The quantitative estimate of drug-likeness (QED) is 0.900. The van der Waals surface area contributed by atoms with Crippen molar-refractivity contribution in [3.63, 3.8) is 0 Å². The van der Waals surface area contributed by atoms with E-state index >= 15 is 0 Å². The molecule has 21 heavy (non-hydrogen) atoms. The first-order valence-corrected chi connectivity index (χ1v) is 7.30. The van der Waals surface area contributed by atoms with E-state index in [1.807, 2.05) is 0 Å². The van der Waals surface area contributed by atoms with E-state index in [0.29, 0.717) is 5.56 Å². The number of nitrogens with two attached hydrogens (primary N) is 1. The lowest BCUT2D eigenvalue weighted by Crippen LogP contribution is -2.34. The SMILES string of the molecule is N[C@@H](c1ccc2c(c1)OC(F)(F)O2)[C@H](O)C1CCCCC1. The van der Waals surface area contributed by atoms with Crippen molar-refractivity contribution in [3.05, 3.63) is 23.8 Å². The van der Waals surface area contributed by atoms with Crippen molar-refractivity contribution < 1.29 is 23.4 Å². The number of aliphatic hydroxyl groups is 1. The molecular formula is C15H19F2NO3. The minimum Gasteiger partial charge on any atom is -0.395 e. The van der Waals surface area contributed by atoms with Crippen LogP contribution in [0.3, 0.4) is 0 Å². The highest BCUT2D eigenvalue weighted by Gasteiger charge is 2.43. The summed E-state index contributed by atoms with van der Waals surface area (Å²) in [5.74, 6) is 0.118. The molecular weight excluding hydrogens is 280 g/mol. The zero-order valence-electron chi connectivity index (χ0n) is 11.6. The van der Waals surface area contributed by atoms with Crippen molar-refractivity contribution in [2.45, 2.75) is 50.5 Å². The first kappa shape index (κ1) is 14.5. The Kier molecular flexibility index (Phi) is 3.75. The third-order valence-electron chi connectivity index (χ3n) is 4.31. The Morgan fingerprint density at radius 2 is 1.81 bits per heavy atom. The van der Waals surface area contributed by atoms with Gasteiger partial charge in [-0.25, -0.2) is 0 Å². The minimum atomic E-state index is -3.63. The van der Waals surface area contributed by atoms with Crippen LogP contribution in [0.4, 0.5) is 8.78 Å². The molecule has 116 valence electrons. The molecule has 1 aliphatic carbocycles. The lowest BCUT2D eigenvalue weighted by Gasteiger charge is -2.30. The molecule has 0 saturated heterocycles. The van der Waals surface area contributed by atoms with Gasteiger partial charge in [-0.3, -0.25) is 0 Å². The molecule has 1 saturated carbocycles. The molecule has 6 heteroatoms. The van der Waals surface area contributed by atoms with E-state index in [0.717, 1.165) is 25.7 Å². The van der Waals surface area contributed by atoms with Crippen LogP contribution in [0.15, 0.2) is 18.2 Å². The zero-order valence-corrected chi connectivity index (χ0v) is 11.6. The summed E-state index contributed by atoms with van der Waals surface area (Å²) in [6.07, 6.45) is 0.995. The Balaban J connectivity index is 1.75. The van der Waals surface area contributed by atoms with Crippen LogP contribution in [0.5, 0.6) is 11.5 Å². The van der Waals surface area contributed by atoms with E-state index < -0.39 is 18.4 Å². The van der Waals surface area contributed by atoms with Gasteiger partial charge in [0.1, 0.15) is 0 Å². The van der Waals surface area contributed by atoms with Crippen molar-refractivity contribution in [2.24, 2.45) is 11.7 Å². The monoisotopic (exact) mass is 299 g/mol. The van der Waals surface area contributed by atoms with Gasteiger partial charge in [-0.1, -0.05) is 25.3 Å². The number of hydrogen-bond donors (Lipinski definition) is 2. The molecule has 4 nitrogen and oxygen atoms in total.